The van der Waals surface area contributed by atoms with Gasteiger partial charge in [0.2, 0.25) is 0 Å². The summed E-state index contributed by atoms with van der Waals surface area (Å²) in [5, 5.41) is 0. The second-order valence-electron chi connectivity index (χ2n) is 5.51. The molecule has 5 heteroatoms. The molecule has 1 aliphatic rings. The number of benzene rings is 1. The van der Waals surface area contributed by atoms with Gasteiger partial charge in [-0.2, -0.15) is 4.98 Å². The Balaban J connectivity index is 1.93. The summed E-state index contributed by atoms with van der Waals surface area (Å²) in [6.45, 7) is 2.27. The Bertz CT molecular complexity index is 633. The molecule has 0 saturated heterocycles. The third kappa shape index (κ3) is 2.69. The molecule has 1 heterocycles. The lowest BCUT2D eigenvalue weighted by Gasteiger charge is -2.22. The first kappa shape index (κ1) is 14.2. The Morgan fingerprint density at radius 1 is 1.29 bits per heavy atom. The Morgan fingerprint density at radius 3 is 2.76 bits per heavy atom. The molecule has 0 N–H and O–H groups in total. The summed E-state index contributed by atoms with van der Waals surface area (Å²) in [7, 11) is 1.78. The Labute approximate surface area is 123 Å². The molecule has 0 aliphatic heterocycles. The summed E-state index contributed by atoms with van der Waals surface area (Å²) in [5.74, 6) is -0.111. The standard InChI is InChI=1S/C16H21FN2O2/c1-3-20-13-10-9-12-15(14(13)17)19(2)16(18-12)21-11-7-5-4-6-8-11/h9-11H,3-8H2,1-2H3. The van der Waals surface area contributed by atoms with Crippen LogP contribution in [0.5, 0.6) is 11.8 Å². The van der Waals surface area contributed by atoms with Crippen molar-refractivity contribution in [1.82, 2.24) is 9.55 Å². The van der Waals surface area contributed by atoms with Crippen molar-refractivity contribution in [1.29, 1.82) is 0 Å². The van der Waals surface area contributed by atoms with E-state index in [4.69, 9.17) is 9.47 Å². The maximum Gasteiger partial charge on any atom is 0.297 e. The van der Waals surface area contributed by atoms with E-state index in [1.54, 1.807) is 23.7 Å². The minimum atomic E-state index is -0.372. The van der Waals surface area contributed by atoms with Crippen molar-refractivity contribution in [3.63, 3.8) is 0 Å². The molecule has 3 rings (SSSR count). The zero-order valence-electron chi connectivity index (χ0n) is 12.6. The second kappa shape index (κ2) is 5.92. The molecule has 1 fully saturated rings. The molecule has 1 aromatic carbocycles. The molecule has 0 radical (unpaired) electrons. The smallest absolute Gasteiger partial charge is 0.297 e. The molecule has 0 bridgehead atoms. The number of aryl methyl sites for hydroxylation is 1. The van der Waals surface area contributed by atoms with E-state index >= 15 is 0 Å². The van der Waals surface area contributed by atoms with Crippen LogP contribution in [0.25, 0.3) is 11.0 Å². The lowest BCUT2D eigenvalue weighted by atomic mass is 9.98. The van der Waals surface area contributed by atoms with Gasteiger partial charge in [-0.25, -0.2) is 4.39 Å². The molecule has 21 heavy (non-hydrogen) atoms. The first-order valence-electron chi connectivity index (χ1n) is 7.65. The highest BCUT2D eigenvalue weighted by Crippen LogP contribution is 2.30. The van der Waals surface area contributed by atoms with Crippen molar-refractivity contribution < 1.29 is 13.9 Å². The molecule has 2 aromatic rings. The van der Waals surface area contributed by atoms with Gasteiger partial charge >= 0.3 is 0 Å². The van der Waals surface area contributed by atoms with Gasteiger partial charge in [0.1, 0.15) is 11.6 Å². The van der Waals surface area contributed by atoms with Crippen LogP contribution in [0, 0.1) is 5.82 Å². The fourth-order valence-corrected chi connectivity index (χ4v) is 2.92. The van der Waals surface area contributed by atoms with E-state index in [2.05, 4.69) is 4.98 Å². The predicted molar refractivity (Wildman–Crippen MR) is 79.3 cm³/mol. The predicted octanol–water partition coefficient (Wildman–Crippen LogP) is 3.82. The van der Waals surface area contributed by atoms with Crippen LogP contribution in [-0.4, -0.2) is 22.3 Å². The maximum absolute atomic E-state index is 14.5. The molecule has 0 atom stereocenters. The van der Waals surface area contributed by atoms with Crippen LogP contribution in [0.3, 0.4) is 0 Å². The van der Waals surface area contributed by atoms with Gasteiger partial charge in [0.05, 0.1) is 12.1 Å². The van der Waals surface area contributed by atoms with E-state index in [1.165, 1.54) is 19.3 Å². The van der Waals surface area contributed by atoms with E-state index < -0.39 is 0 Å². The van der Waals surface area contributed by atoms with E-state index in [1.807, 2.05) is 6.92 Å². The molecule has 0 spiro atoms. The van der Waals surface area contributed by atoms with Crippen LogP contribution < -0.4 is 9.47 Å². The van der Waals surface area contributed by atoms with Crippen molar-refractivity contribution in [2.45, 2.75) is 45.1 Å². The fraction of sp³-hybridized carbons (Fsp3) is 0.562. The molecule has 4 nitrogen and oxygen atoms in total. The molecule has 1 saturated carbocycles. The van der Waals surface area contributed by atoms with E-state index in [-0.39, 0.29) is 17.7 Å². The third-order valence-corrected chi connectivity index (χ3v) is 4.02. The average molecular weight is 292 g/mol. The van der Waals surface area contributed by atoms with Crippen LogP contribution in [0.4, 0.5) is 4.39 Å². The highest BCUT2D eigenvalue weighted by atomic mass is 19.1. The zero-order valence-corrected chi connectivity index (χ0v) is 12.6. The summed E-state index contributed by atoms with van der Waals surface area (Å²) in [4.78, 5) is 4.41. The summed E-state index contributed by atoms with van der Waals surface area (Å²) in [6.07, 6.45) is 5.96. The minimum Gasteiger partial charge on any atom is -0.491 e. The average Bonchev–Trinajstić information content (AvgIpc) is 2.80. The van der Waals surface area contributed by atoms with Crippen molar-refractivity contribution >= 4 is 11.0 Å². The molecule has 0 amide bonds. The van der Waals surface area contributed by atoms with Gasteiger partial charge in [-0.15, -0.1) is 0 Å². The summed E-state index contributed by atoms with van der Waals surface area (Å²) < 4.78 is 27.4. The number of fused-ring (bicyclic) bond motifs is 1. The van der Waals surface area contributed by atoms with Gasteiger partial charge in [0.15, 0.2) is 11.6 Å². The molecular weight excluding hydrogens is 271 g/mol. The second-order valence-corrected chi connectivity index (χ2v) is 5.51. The first-order chi connectivity index (χ1) is 10.2. The highest BCUT2D eigenvalue weighted by molar-refractivity contribution is 5.79. The molecule has 0 unspecified atom stereocenters. The van der Waals surface area contributed by atoms with E-state index in [9.17, 15) is 4.39 Å². The number of halogens is 1. The monoisotopic (exact) mass is 292 g/mol. The molecule has 114 valence electrons. The summed E-state index contributed by atoms with van der Waals surface area (Å²) in [6, 6.07) is 3.89. The van der Waals surface area contributed by atoms with Gasteiger partial charge in [-0.05, 0) is 44.7 Å². The third-order valence-electron chi connectivity index (χ3n) is 4.02. The van der Waals surface area contributed by atoms with E-state index in [0.29, 0.717) is 23.7 Å². The van der Waals surface area contributed by atoms with Gasteiger partial charge in [0, 0.05) is 7.05 Å². The quantitative estimate of drug-likeness (QED) is 0.859. The SMILES string of the molecule is CCOc1ccc2nc(OC3CCCCC3)n(C)c2c1F. The zero-order chi connectivity index (χ0) is 14.8. The highest BCUT2D eigenvalue weighted by Gasteiger charge is 2.21. The van der Waals surface area contributed by atoms with Crippen LogP contribution in [-0.2, 0) is 7.05 Å². The van der Waals surface area contributed by atoms with Gasteiger partial charge in [0.25, 0.3) is 6.01 Å². The summed E-state index contributed by atoms with van der Waals surface area (Å²) >= 11 is 0. The first-order valence-corrected chi connectivity index (χ1v) is 7.65. The number of rotatable bonds is 4. The number of imidazole rings is 1. The summed E-state index contributed by atoms with van der Waals surface area (Å²) in [5.41, 5.74) is 1.04. The molecule has 1 aliphatic carbocycles. The van der Waals surface area contributed by atoms with Crippen molar-refractivity contribution in [3.05, 3.63) is 17.9 Å². The molecule has 1 aromatic heterocycles. The largest absolute Gasteiger partial charge is 0.491 e. The Hall–Kier alpha value is -1.78. The Morgan fingerprint density at radius 2 is 2.05 bits per heavy atom. The number of hydrogen-bond acceptors (Lipinski definition) is 3. The van der Waals surface area contributed by atoms with Crippen molar-refractivity contribution in [3.8, 4) is 11.8 Å². The lowest BCUT2D eigenvalue weighted by molar-refractivity contribution is 0.138. The van der Waals surface area contributed by atoms with Crippen LogP contribution in [0.15, 0.2) is 12.1 Å². The van der Waals surface area contributed by atoms with Crippen LogP contribution in [0.2, 0.25) is 0 Å². The van der Waals surface area contributed by atoms with Crippen LogP contribution >= 0.6 is 0 Å². The number of ether oxygens (including phenoxy) is 2. The van der Waals surface area contributed by atoms with Crippen molar-refractivity contribution in [2.24, 2.45) is 7.05 Å². The fourth-order valence-electron chi connectivity index (χ4n) is 2.92. The van der Waals surface area contributed by atoms with Gasteiger partial charge in [-0.1, -0.05) is 6.42 Å². The van der Waals surface area contributed by atoms with Crippen LogP contribution in [0.1, 0.15) is 39.0 Å². The van der Waals surface area contributed by atoms with Gasteiger partial charge in [-0.3, -0.25) is 4.57 Å². The normalized spacial score (nSPS) is 16.3. The van der Waals surface area contributed by atoms with Gasteiger partial charge < -0.3 is 9.47 Å². The number of hydrogen-bond donors (Lipinski definition) is 0. The Kier molecular flexibility index (Phi) is 3.99. The minimum absolute atomic E-state index is 0.198. The van der Waals surface area contributed by atoms with E-state index in [0.717, 1.165) is 12.8 Å². The van der Waals surface area contributed by atoms with Crippen molar-refractivity contribution in [2.75, 3.05) is 6.61 Å². The lowest BCUT2D eigenvalue weighted by Crippen LogP contribution is -2.21. The molecular formula is C16H21FN2O2. The topological polar surface area (TPSA) is 36.3 Å². The number of nitrogens with zero attached hydrogens (tertiary/aromatic N) is 2. The number of aromatic nitrogens is 2. The maximum atomic E-state index is 14.5.